The van der Waals surface area contributed by atoms with Crippen LogP contribution in [0.2, 0.25) is 0 Å². The zero-order chi connectivity index (χ0) is 9.14. The molecular weight excluding hydrogens is 267 g/mol. The molecule has 0 spiro atoms. The van der Waals surface area contributed by atoms with Crippen molar-refractivity contribution in [2.75, 3.05) is 7.11 Å². The smallest absolute Gasteiger partial charge is 0.768 e. The van der Waals surface area contributed by atoms with Gasteiger partial charge in [0.1, 0.15) is 5.75 Å². The molecule has 3 nitrogen and oxygen atoms in total. The zero-order valence-corrected chi connectivity index (χ0v) is 11.6. The molecule has 0 saturated heterocycles. The molecule has 6 heteroatoms. The molecule has 1 rings (SSSR count). The fourth-order valence-electron chi connectivity index (χ4n) is 0.744. The maximum absolute atomic E-state index is 10.5. The molecule has 0 aromatic heterocycles. The number of ether oxygens (including phenoxy) is 1. The molecule has 0 saturated carbocycles. The molecular formula is C7H6BrNaO3S. The van der Waals surface area contributed by atoms with Crippen LogP contribution in [0, 0.1) is 0 Å². The summed E-state index contributed by atoms with van der Waals surface area (Å²) in [6.07, 6.45) is 0. The van der Waals surface area contributed by atoms with E-state index in [1.54, 1.807) is 6.07 Å². The summed E-state index contributed by atoms with van der Waals surface area (Å²) in [6.45, 7) is 0. The maximum atomic E-state index is 10.5. The van der Waals surface area contributed by atoms with Gasteiger partial charge < -0.3 is 9.29 Å². The van der Waals surface area contributed by atoms with Gasteiger partial charge in [-0.25, -0.2) is 0 Å². The minimum atomic E-state index is -2.20. The Hall–Kier alpha value is 0.610. The van der Waals surface area contributed by atoms with Gasteiger partial charge in [-0.15, -0.1) is 0 Å². The molecule has 0 radical (unpaired) electrons. The van der Waals surface area contributed by atoms with E-state index in [0.29, 0.717) is 5.75 Å². The first-order valence-corrected chi connectivity index (χ1v) is 4.94. The summed E-state index contributed by atoms with van der Waals surface area (Å²) in [5, 5.41) is 0. The SMILES string of the molecule is COc1cc(S(=O)[O-])ccc1Br.[Na+]. The first kappa shape index (κ1) is 13.6. The van der Waals surface area contributed by atoms with Gasteiger partial charge in [0.2, 0.25) is 0 Å². The van der Waals surface area contributed by atoms with Crippen molar-refractivity contribution in [1.29, 1.82) is 0 Å². The van der Waals surface area contributed by atoms with Crippen LogP contribution < -0.4 is 34.3 Å². The van der Waals surface area contributed by atoms with Gasteiger partial charge in [0.05, 0.1) is 11.6 Å². The van der Waals surface area contributed by atoms with E-state index in [1.807, 2.05) is 0 Å². The fourth-order valence-corrected chi connectivity index (χ4v) is 1.53. The largest absolute Gasteiger partial charge is 1.00 e. The summed E-state index contributed by atoms with van der Waals surface area (Å²) in [5.74, 6) is 0.511. The Morgan fingerprint density at radius 3 is 2.62 bits per heavy atom. The molecule has 1 unspecified atom stereocenters. The van der Waals surface area contributed by atoms with Gasteiger partial charge >= 0.3 is 29.6 Å². The Balaban J connectivity index is 0.00000144. The first-order chi connectivity index (χ1) is 5.65. The minimum Gasteiger partial charge on any atom is -0.768 e. The zero-order valence-electron chi connectivity index (χ0n) is 7.24. The van der Waals surface area contributed by atoms with E-state index >= 15 is 0 Å². The van der Waals surface area contributed by atoms with Gasteiger partial charge in [0.15, 0.2) is 0 Å². The quantitative estimate of drug-likeness (QED) is 0.497. The third-order valence-electron chi connectivity index (χ3n) is 1.32. The van der Waals surface area contributed by atoms with Gasteiger partial charge in [0, 0.05) is 4.90 Å². The Kier molecular flexibility index (Phi) is 6.45. The average Bonchev–Trinajstić information content (AvgIpc) is 2.05. The molecule has 0 amide bonds. The van der Waals surface area contributed by atoms with E-state index < -0.39 is 11.1 Å². The predicted octanol–water partition coefficient (Wildman–Crippen LogP) is -1.30. The second-order valence-corrected chi connectivity index (χ2v) is 3.83. The molecule has 13 heavy (non-hydrogen) atoms. The third-order valence-corrected chi connectivity index (χ3v) is 2.61. The van der Waals surface area contributed by atoms with Crippen molar-refractivity contribution < 1.29 is 43.1 Å². The van der Waals surface area contributed by atoms with Gasteiger partial charge in [0.25, 0.3) is 0 Å². The van der Waals surface area contributed by atoms with Crippen molar-refractivity contribution in [1.82, 2.24) is 0 Å². The summed E-state index contributed by atoms with van der Waals surface area (Å²) in [6, 6.07) is 4.58. The fraction of sp³-hybridized carbons (Fsp3) is 0.143. The van der Waals surface area contributed by atoms with Crippen LogP contribution in [0.4, 0.5) is 0 Å². The van der Waals surface area contributed by atoms with Gasteiger partial charge in [-0.1, -0.05) is 0 Å². The van der Waals surface area contributed by atoms with Crippen LogP contribution in [-0.2, 0) is 11.1 Å². The van der Waals surface area contributed by atoms with Gasteiger partial charge in [-0.3, -0.25) is 4.21 Å². The van der Waals surface area contributed by atoms with Crippen molar-refractivity contribution in [3.8, 4) is 5.75 Å². The number of halogens is 1. The maximum Gasteiger partial charge on any atom is 1.00 e. The third kappa shape index (κ3) is 3.69. The van der Waals surface area contributed by atoms with E-state index in [0.717, 1.165) is 4.47 Å². The molecule has 1 aromatic carbocycles. The molecule has 0 fully saturated rings. The van der Waals surface area contributed by atoms with Crippen molar-refractivity contribution in [2.24, 2.45) is 0 Å². The molecule has 1 aromatic rings. The number of benzene rings is 1. The van der Waals surface area contributed by atoms with Crippen LogP contribution in [0.25, 0.3) is 0 Å². The number of methoxy groups -OCH3 is 1. The molecule has 0 aliphatic heterocycles. The van der Waals surface area contributed by atoms with Crippen LogP contribution in [0.5, 0.6) is 5.75 Å². The monoisotopic (exact) mass is 272 g/mol. The van der Waals surface area contributed by atoms with E-state index in [-0.39, 0.29) is 34.5 Å². The molecule has 1 atom stereocenters. The Morgan fingerprint density at radius 2 is 2.15 bits per heavy atom. The van der Waals surface area contributed by atoms with Crippen molar-refractivity contribution in [2.45, 2.75) is 4.90 Å². The van der Waals surface area contributed by atoms with Crippen LogP contribution in [0.15, 0.2) is 27.6 Å². The standard InChI is InChI=1S/C7H7BrO3S.Na/c1-11-7-4-5(12(9)10)2-3-6(7)8;/h2-4H,1H3,(H,9,10);/q;+1/p-1. The summed E-state index contributed by atoms with van der Waals surface area (Å²) >= 11 is 1.01. The minimum absolute atomic E-state index is 0. The van der Waals surface area contributed by atoms with E-state index in [1.165, 1.54) is 19.2 Å². The molecule has 0 aliphatic rings. The van der Waals surface area contributed by atoms with Crippen LogP contribution >= 0.6 is 15.9 Å². The molecule has 0 aliphatic carbocycles. The Bertz CT molecular complexity index is 319. The first-order valence-electron chi connectivity index (χ1n) is 3.08. The summed E-state index contributed by atoms with van der Waals surface area (Å²) in [5.41, 5.74) is 0. The number of hydrogen-bond donors (Lipinski definition) is 0. The van der Waals surface area contributed by atoms with E-state index in [2.05, 4.69) is 15.9 Å². The topological polar surface area (TPSA) is 49.4 Å². The Morgan fingerprint density at radius 1 is 1.54 bits per heavy atom. The number of rotatable bonds is 2. The average molecular weight is 273 g/mol. The number of hydrogen-bond acceptors (Lipinski definition) is 3. The summed E-state index contributed by atoms with van der Waals surface area (Å²) in [4.78, 5) is 0.218. The van der Waals surface area contributed by atoms with Crippen LogP contribution in [0.1, 0.15) is 0 Å². The second-order valence-electron chi connectivity index (χ2n) is 2.03. The van der Waals surface area contributed by atoms with Crippen LogP contribution in [-0.4, -0.2) is 15.9 Å². The van der Waals surface area contributed by atoms with Crippen LogP contribution in [0.3, 0.4) is 0 Å². The van der Waals surface area contributed by atoms with E-state index in [4.69, 9.17) is 4.74 Å². The van der Waals surface area contributed by atoms with Gasteiger partial charge in [-0.2, -0.15) is 0 Å². The van der Waals surface area contributed by atoms with E-state index in [9.17, 15) is 8.76 Å². The van der Waals surface area contributed by atoms with Crippen molar-refractivity contribution in [3.05, 3.63) is 22.7 Å². The second kappa shape index (κ2) is 6.16. The molecule has 0 heterocycles. The molecule has 0 N–H and O–H groups in total. The normalized spacial score (nSPS) is 11.6. The summed E-state index contributed by atoms with van der Waals surface area (Å²) in [7, 11) is 1.48. The molecule has 0 bridgehead atoms. The Labute approximate surface area is 110 Å². The predicted molar refractivity (Wildman–Crippen MR) is 47.9 cm³/mol. The van der Waals surface area contributed by atoms with Crippen molar-refractivity contribution in [3.63, 3.8) is 0 Å². The summed E-state index contributed by atoms with van der Waals surface area (Å²) < 4.78 is 26.7. The van der Waals surface area contributed by atoms with Crippen molar-refractivity contribution >= 4 is 27.0 Å². The molecule has 66 valence electrons. The van der Waals surface area contributed by atoms with Gasteiger partial charge in [-0.05, 0) is 45.2 Å².